The third-order valence-corrected chi connectivity index (χ3v) is 3.20. The third kappa shape index (κ3) is 2.86. The van der Waals surface area contributed by atoms with Crippen LogP contribution in [0, 0.1) is 6.92 Å². The maximum atomic E-state index is 11.2. The molecule has 21 heavy (non-hydrogen) atoms. The van der Waals surface area contributed by atoms with Crippen molar-refractivity contribution in [3.63, 3.8) is 0 Å². The van der Waals surface area contributed by atoms with Crippen LogP contribution in [0.1, 0.15) is 21.8 Å². The van der Waals surface area contributed by atoms with Crippen LogP contribution in [-0.2, 0) is 6.54 Å². The summed E-state index contributed by atoms with van der Waals surface area (Å²) in [6.07, 6.45) is 0. The van der Waals surface area contributed by atoms with E-state index in [-0.39, 0.29) is 0 Å². The van der Waals surface area contributed by atoms with Crippen LogP contribution in [0.2, 0.25) is 0 Å². The molecule has 0 aliphatic rings. The zero-order chi connectivity index (χ0) is 14.8. The number of fused-ring (bicyclic) bond motifs is 1. The molecule has 0 atom stereocenters. The molecule has 1 aromatic heterocycles. The van der Waals surface area contributed by atoms with Gasteiger partial charge in [0.05, 0.1) is 0 Å². The van der Waals surface area contributed by atoms with E-state index in [2.05, 4.69) is 10.3 Å². The van der Waals surface area contributed by atoms with E-state index in [0.29, 0.717) is 18.0 Å². The summed E-state index contributed by atoms with van der Waals surface area (Å²) >= 11 is 0. The average Bonchev–Trinajstić information content (AvgIpc) is 2.84. The molecule has 0 saturated carbocycles. The molecule has 0 aliphatic carbocycles. The Morgan fingerprint density at radius 1 is 1.29 bits per heavy atom. The summed E-state index contributed by atoms with van der Waals surface area (Å²) in [4.78, 5) is 15.5. The van der Waals surface area contributed by atoms with Crippen molar-refractivity contribution in [2.45, 2.75) is 13.5 Å². The van der Waals surface area contributed by atoms with Crippen LogP contribution in [0.4, 0.5) is 5.69 Å². The summed E-state index contributed by atoms with van der Waals surface area (Å²) in [6.45, 7) is 2.42. The molecule has 0 aliphatic heterocycles. The summed E-state index contributed by atoms with van der Waals surface area (Å²) < 4.78 is 5.44. The van der Waals surface area contributed by atoms with Crippen LogP contribution in [-0.4, -0.2) is 10.9 Å². The van der Waals surface area contributed by atoms with Crippen molar-refractivity contribution in [1.82, 2.24) is 4.98 Å². The second kappa shape index (κ2) is 5.28. The van der Waals surface area contributed by atoms with Gasteiger partial charge in [0.25, 0.3) is 0 Å². The molecule has 0 spiro atoms. The number of carbonyl (C=O) groups is 1. The van der Waals surface area contributed by atoms with E-state index < -0.39 is 5.91 Å². The Morgan fingerprint density at radius 2 is 2.14 bits per heavy atom. The normalized spacial score (nSPS) is 10.7. The second-order valence-corrected chi connectivity index (χ2v) is 4.83. The smallest absolute Gasteiger partial charge is 0.248 e. The molecule has 0 bridgehead atoms. The first-order valence-corrected chi connectivity index (χ1v) is 6.61. The fourth-order valence-electron chi connectivity index (χ4n) is 2.19. The lowest BCUT2D eigenvalue weighted by Gasteiger charge is -2.07. The molecule has 1 amide bonds. The molecule has 5 heteroatoms. The van der Waals surface area contributed by atoms with E-state index in [9.17, 15) is 4.79 Å². The Bertz CT molecular complexity index is 808. The number of oxazole rings is 1. The predicted octanol–water partition coefficient (Wildman–Crippen LogP) is 2.85. The van der Waals surface area contributed by atoms with Crippen LogP contribution in [0.25, 0.3) is 11.1 Å². The quantitative estimate of drug-likeness (QED) is 0.770. The highest BCUT2D eigenvalue weighted by atomic mass is 16.3. The minimum atomic E-state index is -0.420. The number of primary amides is 1. The fraction of sp³-hybridized carbons (Fsp3) is 0.125. The zero-order valence-corrected chi connectivity index (χ0v) is 11.6. The molecule has 106 valence electrons. The van der Waals surface area contributed by atoms with Crippen LogP contribution in [0.3, 0.4) is 0 Å². The van der Waals surface area contributed by atoms with E-state index in [1.54, 1.807) is 12.1 Å². The minimum absolute atomic E-state index is 0.420. The predicted molar refractivity (Wildman–Crippen MR) is 81.0 cm³/mol. The summed E-state index contributed by atoms with van der Waals surface area (Å²) in [7, 11) is 0. The molecule has 5 nitrogen and oxygen atoms in total. The SMILES string of the molecule is Cc1nc2cc(NCc3cccc(C(N)=O)c3)ccc2o1. The van der Waals surface area contributed by atoms with Gasteiger partial charge in [0.15, 0.2) is 11.5 Å². The molecule has 0 radical (unpaired) electrons. The molecule has 0 saturated heterocycles. The number of carbonyl (C=O) groups excluding carboxylic acids is 1. The number of hydrogen-bond acceptors (Lipinski definition) is 4. The number of anilines is 1. The number of nitrogens with zero attached hydrogens (tertiary/aromatic N) is 1. The molecular weight excluding hydrogens is 266 g/mol. The first-order valence-electron chi connectivity index (χ1n) is 6.61. The highest BCUT2D eigenvalue weighted by molar-refractivity contribution is 5.92. The van der Waals surface area contributed by atoms with Gasteiger partial charge in [0.1, 0.15) is 5.52 Å². The van der Waals surface area contributed by atoms with Gasteiger partial charge in [0, 0.05) is 24.7 Å². The van der Waals surface area contributed by atoms with Gasteiger partial charge in [-0.25, -0.2) is 4.98 Å². The molecule has 3 aromatic rings. The number of benzene rings is 2. The Balaban J connectivity index is 1.76. The largest absolute Gasteiger partial charge is 0.441 e. The van der Waals surface area contributed by atoms with Gasteiger partial charge in [-0.3, -0.25) is 4.79 Å². The Hall–Kier alpha value is -2.82. The molecule has 3 rings (SSSR count). The first kappa shape index (κ1) is 13.2. The van der Waals surface area contributed by atoms with Crippen molar-refractivity contribution in [1.29, 1.82) is 0 Å². The van der Waals surface area contributed by atoms with E-state index in [4.69, 9.17) is 10.2 Å². The number of amides is 1. The fourth-order valence-corrected chi connectivity index (χ4v) is 2.19. The van der Waals surface area contributed by atoms with Gasteiger partial charge in [0.2, 0.25) is 5.91 Å². The molecule has 2 aromatic carbocycles. The summed E-state index contributed by atoms with van der Waals surface area (Å²) in [5.74, 6) is 0.229. The van der Waals surface area contributed by atoms with Gasteiger partial charge in [-0.2, -0.15) is 0 Å². The van der Waals surface area contributed by atoms with Crippen molar-refractivity contribution in [3.8, 4) is 0 Å². The van der Waals surface area contributed by atoms with Crippen LogP contribution in [0.5, 0.6) is 0 Å². The van der Waals surface area contributed by atoms with E-state index in [0.717, 1.165) is 22.4 Å². The Labute approximate surface area is 121 Å². The first-order chi connectivity index (χ1) is 10.1. The topological polar surface area (TPSA) is 81.1 Å². The van der Waals surface area contributed by atoms with E-state index in [1.165, 1.54) is 0 Å². The number of aromatic nitrogens is 1. The van der Waals surface area contributed by atoms with Crippen molar-refractivity contribution in [2.24, 2.45) is 5.73 Å². The van der Waals surface area contributed by atoms with Gasteiger partial charge < -0.3 is 15.5 Å². The number of hydrogen-bond donors (Lipinski definition) is 2. The molecule has 0 fully saturated rings. The van der Waals surface area contributed by atoms with Crippen LogP contribution >= 0.6 is 0 Å². The maximum Gasteiger partial charge on any atom is 0.248 e. The lowest BCUT2D eigenvalue weighted by Crippen LogP contribution is -2.11. The summed E-state index contributed by atoms with van der Waals surface area (Å²) in [5.41, 5.74) is 9.32. The van der Waals surface area contributed by atoms with Gasteiger partial charge in [-0.05, 0) is 35.9 Å². The van der Waals surface area contributed by atoms with Crippen LogP contribution in [0.15, 0.2) is 46.9 Å². The van der Waals surface area contributed by atoms with Crippen molar-refractivity contribution in [2.75, 3.05) is 5.32 Å². The molecule has 1 heterocycles. The number of rotatable bonds is 4. The maximum absolute atomic E-state index is 11.2. The standard InChI is InChI=1S/C16H15N3O2/c1-10-19-14-8-13(5-6-15(14)21-10)18-9-11-3-2-4-12(7-11)16(17)20/h2-8,18H,9H2,1H3,(H2,17,20). The van der Waals surface area contributed by atoms with E-state index in [1.807, 2.05) is 37.3 Å². The highest BCUT2D eigenvalue weighted by Crippen LogP contribution is 2.20. The number of aryl methyl sites for hydroxylation is 1. The second-order valence-electron chi connectivity index (χ2n) is 4.83. The van der Waals surface area contributed by atoms with Gasteiger partial charge in [-0.1, -0.05) is 12.1 Å². The van der Waals surface area contributed by atoms with Gasteiger partial charge >= 0.3 is 0 Å². The van der Waals surface area contributed by atoms with E-state index >= 15 is 0 Å². The minimum Gasteiger partial charge on any atom is -0.441 e. The summed E-state index contributed by atoms with van der Waals surface area (Å²) in [5, 5.41) is 3.29. The lowest BCUT2D eigenvalue weighted by atomic mass is 10.1. The van der Waals surface area contributed by atoms with Crippen molar-refractivity contribution < 1.29 is 9.21 Å². The van der Waals surface area contributed by atoms with Gasteiger partial charge in [-0.15, -0.1) is 0 Å². The molecule has 0 unspecified atom stereocenters. The molecule has 3 N–H and O–H groups in total. The van der Waals surface area contributed by atoms with Crippen LogP contribution < -0.4 is 11.1 Å². The molecular formula is C16H15N3O2. The van der Waals surface area contributed by atoms with Crippen molar-refractivity contribution >= 4 is 22.7 Å². The lowest BCUT2D eigenvalue weighted by molar-refractivity contribution is 0.1000. The average molecular weight is 281 g/mol. The number of nitrogens with one attached hydrogen (secondary N) is 1. The van der Waals surface area contributed by atoms with Crippen molar-refractivity contribution in [3.05, 3.63) is 59.5 Å². The third-order valence-electron chi connectivity index (χ3n) is 3.20. The Morgan fingerprint density at radius 3 is 2.95 bits per heavy atom. The number of nitrogens with two attached hydrogens (primary N) is 1. The monoisotopic (exact) mass is 281 g/mol. The highest BCUT2D eigenvalue weighted by Gasteiger charge is 2.04. The Kier molecular flexibility index (Phi) is 3.31. The summed E-state index contributed by atoms with van der Waals surface area (Å²) in [6, 6.07) is 13.0. The zero-order valence-electron chi connectivity index (χ0n) is 11.6.